The fourth-order valence-corrected chi connectivity index (χ4v) is 1.92. The average molecular weight is 282 g/mol. The maximum absolute atomic E-state index is 11.8. The number of amides is 1. The normalized spacial score (nSPS) is 9.95. The fourth-order valence-electron chi connectivity index (χ4n) is 1.92. The number of guanidine groups is 1. The summed E-state index contributed by atoms with van der Waals surface area (Å²) in [4.78, 5) is 31.1. The van der Waals surface area contributed by atoms with Crippen molar-refractivity contribution < 1.29 is 9.59 Å². The van der Waals surface area contributed by atoms with Crippen LogP contribution in [0.15, 0.2) is 47.7 Å². The number of pyridine rings is 1. The average Bonchev–Trinajstić information content (AvgIpc) is 2.46. The van der Waals surface area contributed by atoms with E-state index in [1.807, 2.05) is 6.07 Å². The van der Waals surface area contributed by atoms with Crippen LogP contribution in [0.25, 0.3) is 11.1 Å². The third kappa shape index (κ3) is 3.30. The van der Waals surface area contributed by atoms with Crippen molar-refractivity contribution in [1.82, 2.24) is 4.98 Å². The second kappa shape index (κ2) is 5.96. The van der Waals surface area contributed by atoms with Crippen molar-refractivity contribution in [3.05, 3.63) is 53.9 Å². The second-order valence-corrected chi connectivity index (χ2v) is 4.40. The Morgan fingerprint density at radius 1 is 1.19 bits per heavy atom. The van der Waals surface area contributed by atoms with Crippen LogP contribution in [0.5, 0.6) is 0 Å². The molecule has 0 atom stereocenters. The Bertz CT molecular complexity index is 720. The Morgan fingerprint density at radius 3 is 2.52 bits per heavy atom. The summed E-state index contributed by atoms with van der Waals surface area (Å²) in [5, 5.41) is 0. The molecule has 2 rings (SSSR count). The number of rotatable bonds is 3. The lowest BCUT2D eigenvalue weighted by Crippen LogP contribution is -2.24. The highest BCUT2D eigenvalue weighted by atomic mass is 16.1. The van der Waals surface area contributed by atoms with Crippen molar-refractivity contribution in [3.8, 4) is 11.1 Å². The summed E-state index contributed by atoms with van der Waals surface area (Å²) in [5.41, 5.74) is 12.5. The lowest BCUT2D eigenvalue weighted by Gasteiger charge is -2.08. The number of nitrogens with zero attached hydrogens (tertiary/aromatic N) is 2. The Hall–Kier alpha value is -3.02. The number of benzene rings is 1. The summed E-state index contributed by atoms with van der Waals surface area (Å²) in [6.45, 7) is 1.43. The van der Waals surface area contributed by atoms with E-state index in [2.05, 4.69) is 9.98 Å². The van der Waals surface area contributed by atoms with Crippen molar-refractivity contribution in [3.63, 3.8) is 0 Å². The minimum absolute atomic E-state index is 0.159. The molecule has 0 aliphatic heterocycles. The summed E-state index contributed by atoms with van der Waals surface area (Å²) >= 11 is 0. The Balaban J connectivity index is 2.53. The summed E-state index contributed by atoms with van der Waals surface area (Å²) in [7, 11) is 0. The van der Waals surface area contributed by atoms with E-state index < -0.39 is 5.91 Å². The van der Waals surface area contributed by atoms with Crippen molar-refractivity contribution in [2.45, 2.75) is 6.92 Å². The minimum atomic E-state index is -0.588. The van der Waals surface area contributed by atoms with E-state index in [1.54, 1.807) is 30.6 Å². The van der Waals surface area contributed by atoms with Gasteiger partial charge in [0.25, 0.3) is 5.91 Å². The fraction of sp³-hybridized carbons (Fsp3) is 0.0667. The van der Waals surface area contributed by atoms with Gasteiger partial charge in [-0.05, 0) is 30.7 Å². The monoisotopic (exact) mass is 282 g/mol. The zero-order chi connectivity index (χ0) is 15.4. The first-order valence-corrected chi connectivity index (χ1v) is 6.18. The minimum Gasteiger partial charge on any atom is -0.370 e. The number of hydrogen-bond donors (Lipinski definition) is 2. The molecule has 0 bridgehead atoms. The molecule has 1 aromatic carbocycles. The van der Waals surface area contributed by atoms with Gasteiger partial charge in [-0.3, -0.25) is 14.6 Å². The molecule has 0 fully saturated rings. The van der Waals surface area contributed by atoms with E-state index >= 15 is 0 Å². The number of Topliss-reactive ketones (excluding diaryl/α,β-unsaturated/α-hetero) is 1. The van der Waals surface area contributed by atoms with Gasteiger partial charge in [0, 0.05) is 29.1 Å². The SMILES string of the molecule is CC(=O)c1cc(C(=O)N=C(N)N)ccc1-c1cccnc1. The highest BCUT2D eigenvalue weighted by molar-refractivity contribution is 6.06. The van der Waals surface area contributed by atoms with E-state index in [4.69, 9.17) is 11.5 Å². The predicted molar refractivity (Wildman–Crippen MR) is 79.8 cm³/mol. The van der Waals surface area contributed by atoms with Gasteiger partial charge in [0.05, 0.1) is 0 Å². The number of nitrogens with two attached hydrogens (primary N) is 2. The van der Waals surface area contributed by atoms with Crippen LogP contribution in [0.1, 0.15) is 27.6 Å². The van der Waals surface area contributed by atoms with Gasteiger partial charge >= 0.3 is 0 Å². The number of aliphatic imine (C=N–C) groups is 1. The molecule has 0 spiro atoms. The summed E-state index contributed by atoms with van der Waals surface area (Å²) in [5.74, 6) is -1.07. The zero-order valence-corrected chi connectivity index (χ0v) is 11.4. The first kappa shape index (κ1) is 14.4. The molecule has 106 valence electrons. The van der Waals surface area contributed by atoms with Gasteiger partial charge in [-0.1, -0.05) is 12.1 Å². The van der Waals surface area contributed by atoms with Gasteiger partial charge in [0.15, 0.2) is 11.7 Å². The van der Waals surface area contributed by atoms with E-state index in [9.17, 15) is 9.59 Å². The molecule has 21 heavy (non-hydrogen) atoms. The zero-order valence-electron chi connectivity index (χ0n) is 11.4. The number of carbonyl (C=O) groups excluding carboxylic acids is 2. The van der Waals surface area contributed by atoms with Crippen LogP contribution in [-0.4, -0.2) is 22.6 Å². The van der Waals surface area contributed by atoms with E-state index in [0.29, 0.717) is 11.1 Å². The quantitative estimate of drug-likeness (QED) is 0.501. The van der Waals surface area contributed by atoms with Crippen LogP contribution in [0, 0.1) is 0 Å². The van der Waals surface area contributed by atoms with E-state index in [-0.39, 0.29) is 17.3 Å². The van der Waals surface area contributed by atoms with E-state index in [1.165, 1.54) is 13.0 Å². The first-order valence-electron chi connectivity index (χ1n) is 6.18. The summed E-state index contributed by atoms with van der Waals surface area (Å²) in [6, 6.07) is 8.36. The molecule has 1 aromatic heterocycles. The second-order valence-electron chi connectivity index (χ2n) is 4.40. The van der Waals surface area contributed by atoms with Crippen LogP contribution in [0.4, 0.5) is 0 Å². The standard InChI is InChI=1S/C15H14N4O2/c1-9(20)13-7-10(14(21)19-15(16)17)4-5-12(13)11-3-2-6-18-8-11/h2-8H,1H3,(H4,16,17,19,21). The Kier molecular flexibility index (Phi) is 4.08. The molecule has 0 saturated heterocycles. The topological polar surface area (TPSA) is 111 Å². The number of ketones is 1. The third-order valence-corrected chi connectivity index (χ3v) is 2.85. The third-order valence-electron chi connectivity index (χ3n) is 2.85. The molecule has 1 amide bonds. The molecular formula is C15H14N4O2. The number of carbonyl (C=O) groups is 2. The highest BCUT2D eigenvalue weighted by Crippen LogP contribution is 2.24. The van der Waals surface area contributed by atoms with Crippen molar-refractivity contribution in [1.29, 1.82) is 0 Å². The molecule has 4 N–H and O–H groups in total. The molecule has 0 unspecified atom stereocenters. The van der Waals surface area contributed by atoms with Gasteiger partial charge in [0.1, 0.15) is 0 Å². The van der Waals surface area contributed by atoms with E-state index in [0.717, 1.165) is 5.56 Å². The molecule has 6 heteroatoms. The Labute approximate surface area is 121 Å². The number of hydrogen-bond acceptors (Lipinski definition) is 3. The molecular weight excluding hydrogens is 268 g/mol. The maximum atomic E-state index is 11.8. The largest absolute Gasteiger partial charge is 0.370 e. The van der Waals surface area contributed by atoms with Crippen molar-refractivity contribution >= 4 is 17.6 Å². The van der Waals surface area contributed by atoms with Gasteiger partial charge in [-0.15, -0.1) is 0 Å². The lowest BCUT2D eigenvalue weighted by molar-refractivity contribution is 0.100. The van der Waals surface area contributed by atoms with Gasteiger partial charge in [0.2, 0.25) is 0 Å². The Morgan fingerprint density at radius 2 is 1.95 bits per heavy atom. The highest BCUT2D eigenvalue weighted by Gasteiger charge is 2.13. The predicted octanol–water partition coefficient (Wildman–Crippen LogP) is 1.36. The smallest absolute Gasteiger partial charge is 0.280 e. The molecule has 6 nitrogen and oxygen atoms in total. The first-order chi connectivity index (χ1) is 9.99. The van der Waals surface area contributed by atoms with Gasteiger partial charge in [-0.2, -0.15) is 4.99 Å². The molecule has 0 saturated carbocycles. The van der Waals surface area contributed by atoms with Crippen LogP contribution in [0.3, 0.4) is 0 Å². The van der Waals surface area contributed by atoms with Gasteiger partial charge in [-0.25, -0.2) is 0 Å². The summed E-state index contributed by atoms with van der Waals surface area (Å²) < 4.78 is 0. The molecule has 0 radical (unpaired) electrons. The van der Waals surface area contributed by atoms with Crippen LogP contribution >= 0.6 is 0 Å². The molecule has 0 aliphatic carbocycles. The summed E-state index contributed by atoms with van der Waals surface area (Å²) in [6.07, 6.45) is 3.30. The maximum Gasteiger partial charge on any atom is 0.280 e. The van der Waals surface area contributed by atoms with Crippen LogP contribution < -0.4 is 11.5 Å². The lowest BCUT2D eigenvalue weighted by atomic mass is 9.96. The molecule has 2 aromatic rings. The van der Waals surface area contributed by atoms with Crippen LogP contribution in [-0.2, 0) is 0 Å². The van der Waals surface area contributed by atoms with Gasteiger partial charge < -0.3 is 11.5 Å². The number of aromatic nitrogens is 1. The van der Waals surface area contributed by atoms with Crippen molar-refractivity contribution in [2.75, 3.05) is 0 Å². The van der Waals surface area contributed by atoms with Crippen molar-refractivity contribution in [2.24, 2.45) is 16.5 Å². The molecule has 0 aliphatic rings. The van der Waals surface area contributed by atoms with Crippen LogP contribution in [0.2, 0.25) is 0 Å². The molecule has 1 heterocycles.